The summed E-state index contributed by atoms with van der Waals surface area (Å²) in [5.41, 5.74) is 2.61. The van der Waals surface area contributed by atoms with Crippen LogP contribution in [0.3, 0.4) is 0 Å². The number of amides is 2. The van der Waals surface area contributed by atoms with Crippen molar-refractivity contribution in [3.63, 3.8) is 0 Å². The maximum Gasteiger partial charge on any atom is 0.261 e. The molecule has 1 aliphatic rings. The zero-order valence-corrected chi connectivity index (χ0v) is 19.3. The van der Waals surface area contributed by atoms with Crippen molar-refractivity contribution in [2.45, 2.75) is 39.3 Å². The van der Waals surface area contributed by atoms with Crippen LogP contribution < -0.4 is 15.0 Å². The summed E-state index contributed by atoms with van der Waals surface area (Å²) in [7, 11) is 3.13. The van der Waals surface area contributed by atoms with Crippen LogP contribution >= 0.6 is 11.3 Å². The Morgan fingerprint density at radius 3 is 2.84 bits per heavy atom. The van der Waals surface area contributed by atoms with E-state index >= 15 is 0 Å². The molecule has 1 aliphatic heterocycles. The number of carbonyl (C=O) groups excluding carboxylic acids is 2. The average molecular weight is 455 g/mol. The second-order valence-electron chi connectivity index (χ2n) is 7.67. The SMILES string of the molecule is COCc1nc(OC)c2c(C)c(C(=O)NCc3cccc(N4CCCCC4=O)c3)sc2n1. The standard InChI is InChI=1S/C23H26N4O4S/c1-14-19-22(31-3)25-17(13-30-2)26-23(19)32-20(14)21(29)24-12-15-7-6-8-16(11-15)27-10-5-4-9-18(27)28/h6-8,11H,4-5,9-10,12-13H2,1-3H3,(H,24,29). The number of ether oxygens (including phenoxy) is 2. The Morgan fingerprint density at radius 1 is 1.25 bits per heavy atom. The van der Waals surface area contributed by atoms with Gasteiger partial charge in [-0.3, -0.25) is 9.59 Å². The third-order valence-electron chi connectivity index (χ3n) is 5.48. The highest BCUT2D eigenvalue weighted by atomic mass is 32.1. The maximum atomic E-state index is 13.0. The highest BCUT2D eigenvalue weighted by Crippen LogP contribution is 2.35. The van der Waals surface area contributed by atoms with Crippen molar-refractivity contribution in [3.8, 4) is 5.88 Å². The summed E-state index contributed by atoms with van der Waals surface area (Å²) in [6, 6.07) is 7.77. The van der Waals surface area contributed by atoms with Crippen molar-refractivity contribution in [1.29, 1.82) is 0 Å². The molecule has 4 rings (SSSR count). The van der Waals surface area contributed by atoms with Crippen LogP contribution in [-0.4, -0.2) is 42.5 Å². The molecule has 0 spiro atoms. The molecule has 0 radical (unpaired) electrons. The number of hydrogen-bond donors (Lipinski definition) is 1. The Kier molecular flexibility index (Phi) is 6.66. The van der Waals surface area contributed by atoms with Crippen LogP contribution in [0.2, 0.25) is 0 Å². The van der Waals surface area contributed by atoms with E-state index in [4.69, 9.17) is 9.47 Å². The third kappa shape index (κ3) is 4.44. The number of methoxy groups -OCH3 is 2. The summed E-state index contributed by atoms with van der Waals surface area (Å²) in [6.45, 7) is 3.24. The number of thiophene rings is 1. The van der Waals surface area contributed by atoms with E-state index in [-0.39, 0.29) is 18.4 Å². The summed E-state index contributed by atoms with van der Waals surface area (Å²) < 4.78 is 10.6. The Bertz CT molecular complexity index is 1160. The third-order valence-corrected chi connectivity index (χ3v) is 6.66. The summed E-state index contributed by atoms with van der Waals surface area (Å²) in [4.78, 5) is 37.2. The van der Waals surface area contributed by atoms with Gasteiger partial charge in [0.05, 0.1) is 17.4 Å². The maximum absolute atomic E-state index is 13.0. The number of rotatable bonds is 7. The van der Waals surface area contributed by atoms with Crippen LogP contribution in [0.1, 0.15) is 45.9 Å². The number of carbonyl (C=O) groups is 2. The normalized spacial score (nSPS) is 14.1. The van der Waals surface area contributed by atoms with Gasteiger partial charge in [0, 0.05) is 32.3 Å². The van der Waals surface area contributed by atoms with Crippen molar-refractivity contribution in [2.24, 2.45) is 0 Å². The van der Waals surface area contributed by atoms with E-state index in [0.29, 0.717) is 34.4 Å². The lowest BCUT2D eigenvalue weighted by molar-refractivity contribution is -0.119. The number of hydrogen-bond acceptors (Lipinski definition) is 7. The largest absolute Gasteiger partial charge is 0.480 e. The second-order valence-corrected chi connectivity index (χ2v) is 8.67. The number of aromatic nitrogens is 2. The molecular formula is C23H26N4O4S. The smallest absolute Gasteiger partial charge is 0.261 e. The fourth-order valence-electron chi connectivity index (χ4n) is 3.88. The first-order chi connectivity index (χ1) is 15.5. The molecule has 2 aromatic heterocycles. The Morgan fingerprint density at radius 2 is 2.09 bits per heavy atom. The van der Waals surface area contributed by atoms with Gasteiger partial charge in [-0.2, -0.15) is 4.98 Å². The van der Waals surface area contributed by atoms with Crippen LogP contribution in [-0.2, 0) is 22.7 Å². The van der Waals surface area contributed by atoms with Crippen LogP contribution in [0, 0.1) is 6.92 Å². The molecule has 1 saturated heterocycles. The molecule has 0 bridgehead atoms. The van der Waals surface area contributed by atoms with Gasteiger partial charge in [0.2, 0.25) is 11.8 Å². The molecule has 0 unspecified atom stereocenters. The number of nitrogens with zero attached hydrogens (tertiary/aromatic N) is 3. The molecule has 168 valence electrons. The van der Waals surface area contributed by atoms with Gasteiger partial charge in [-0.1, -0.05) is 12.1 Å². The van der Waals surface area contributed by atoms with Gasteiger partial charge in [-0.05, 0) is 43.0 Å². The van der Waals surface area contributed by atoms with E-state index in [1.165, 1.54) is 11.3 Å². The molecule has 9 heteroatoms. The van der Waals surface area contributed by atoms with Crippen LogP contribution in [0.15, 0.2) is 24.3 Å². The van der Waals surface area contributed by atoms with E-state index in [9.17, 15) is 9.59 Å². The molecule has 0 atom stereocenters. The molecule has 1 N–H and O–H groups in total. The van der Waals surface area contributed by atoms with Gasteiger partial charge in [-0.25, -0.2) is 4.98 Å². The highest BCUT2D eigenvalue weighted by molar-refractivity contribution is 7.20. The Balaban J connectivity index is 1.53. The van der Waals surface area contributed by atoms with Crippen molar-refractivity contribution in [3.05, 3.63) is 46.1 Å². The number of piperidine rings is 1. The van der Waals surface area contributed by atoms with Crippen LogP contribution in [0.4, 0.5) is 5.69 Å². The van der Waals surface area contributed by atoms with Gasteiger partial charge >= 0.3 is 0 Å². The van der Waals surface area contributed by atoms with Crippen LogP contribution in [0.5, 0.6) is 5.88 Å². The lowest BCUT2D eigenvalue weighted by atomic mass is 10.1. The molecule has 8 nitrogen and oxygen atoms in total. The van der Waals surface area contributed by atoms with E-state index in [0.717, 1.165) is 41.6 Å². The van der Waals surface area contributed by atoms with Crippen LogP contribution in [0.25, 0.3) is 10.2 Å². The zero-order valence-electron chi connectivity index (χ0n) is 18.4. The lowest BCUT2D eigenvalue weighted by Gasteiger charge is -2.27. The fraction of sp³-hybridized carbons (Fsp3) is 0.391. The predicted octanol–water partition coefficient (Wildman–Crippen LogP) is 3.60. The molecule has 0 aliphatic carbocycles. The molecule has 3 heterocycles. The molecule has 32 heavy (non-hydrogen) atoms. The summed E-state index contributed by atoms with van der Waals surface area (Å²) in [5, 5.41) is 3.73. The van der Waals surface area contributed by atoms with E-state index in [1.54, 1.807) is 14.2 Å². The number of fused-ring (bicyclic) bond motifs is 1. The van der Waals surface area contributed by atoms with Crippen molar-refractivity contribution >= 4 is 39.1 Å². The number of anilines is 1. The highest BCUT2D eigenvalue weighted by Gasteiger charge is 2.22. The minimum atomic E-state index is -0.180. The van der Waals surface area contributed by atoms with E-state index in [2.05, 4.69) is 15.3 Å². The van der Waals surface area contributed by atoms with Gasteiger partial charge in [0.25, 0.3) is 5.91 Å². The first kappa shape index (κ1) is 22.2. The first-order valence-corrected chi connectivity index (χ1v) is 11.3. The number of nitrogens with one attached hydrogen (secondary N) is 1. The zero-order chi connectivity index (χ0) is 22.7. The summed E-state index contributed by atoms with van der Waals surface area (Å²) in [5.74, 6) is 0.921. The Hall–Kier alpha value is -3.04. The topological polar surface area (TPSA) is 93.7 Å². The second kappa shape index (κ2) is 9.62. The lowest BCUT2D eigenvalue weighted by Crippen LogP contribution is -2.35. The van der Waals surface area contributed by atoms with Gasteiger partial charge in [-0.15, -0.1) is 11.3 Å². The van der Waals surface area contributed by atoms with Crippen molar-refractivity contribution in [2.75, 3.05) is 25.7 Å². The monoisotopic (exact) mass is 454 g/mol. The molecule has 3 aromatic rings. The van der Waals surface area contributed by atoms with Gasteiger partial charge in [0.1, 0.15) is 11.4 Å². The minimum Gasteiger partial charge on any atom is -0.480 e. The Labute approximate surface area is 190 Å². The summed E-state index contributed by atoms with van der Waals surface area (Å²) >= 11 is 1.31. The molecular weight excluding hydrogens is 428 g/mol. The summed E-state index contributed by atoms with van der Waals surface area (Å²) in [6.07, 6.45) is 2.54. The first-order valence-electron chi connectivity index (χ1n) is 10.5. The average Bonchev–Trinajstić information content (AvgIpc) is 3.14. The van der Waals surface area contributed by atoms with Crippen molar-refractivity contribution < 1.29 is 19.1 Å². The molecule has 1 fully saturated rings. The quantitative estimate of drug-likeness (QED) is 0.586. The van der Waals surface area contributed by atoms with Crippen molar-refractivity contribution in [1.82, 2.24) is 15.3 Å². The molecule has 0 saturated carbocycles. The molecule has 2 amide bonds. The predicted molar refractivity (Wildman–Crippen MR) is 123 cm³/mol. The molecule has 1 aromatic carbocycles. The van der Waals surface area contributed by atoms with E-state index < -0.39 is 0 Å². The van der Waals surface area contributed by atoms with Gasteiger partial charge < -0.3 is 19.7 Å². The minimum absolute atomic E-state index is 0.154. The fourth-order valence-corrected chi connectivity index (χ4v) is 4.98. The number of benzene rings is 1. The number of aryl methyl sites for hydroxylation is 1. The van der Waals surface area contributed by atoms with Gasteiger partial charge in [0.15, 0.2) is 5.82 Å². The van der Waals surface area contributed by atoms with E-state index in [1.807, 2.05) is 36.1 Å².